The molecule has 0 aromatic rings. The van der Waals surface area contributed by atoms with E-state index >= 15 is 0 Å². The van der Waals surface area contributed by atoms with Crippen LogP contribution in [0.3, 0.4) is 0 Å². The molecule has 6 heteroatoms. The van der Waals surface area contributed by atoms with Crippen LogP contribution in [0, 0.1) is 0 Å². The lowest BCUT2D eigenvalue weighted by atomic mass is 10.1. The maximum Gasteiger partial charge on any atom is 0.321 e. The fourth-order valence-corrected chi connectivity index (χ4v) is 1.41. The highest BCUT2D eigenvalue weighted by molar-refractivity contribution is 5.96. The molecular weight excluding hydrogens is 222 g/mol. The number of carbonyl (C=O) groups is 2. The predicted octanol–water partition coefficient (Wildman–Crippen LogP) is -0.0288. The van der Waals surface area contributed by atoms with Gasteiger partial charge in [-0.25, -0.2) is 4.79 Å². The van der Waals surface area contributed by atoms with Crippen molar-refractivity contribution in [1.29, 1.82) is 0 Å². The zero-order valence-corrected chi connectivity index (χ0v) is 10.7. The summed E-state index contributed by atoms with van der Waals surface area (Å²) < 4.78 is 0. The Morgan fingerprint density at radius 1 is 1.29 bits per heavy atom. The number of aliphatic hydroxyl groups is 1. The summed E-state index contributed by atoms with van der Waals surface area (Å²) in [5.74, 6) is -0.355. The van der Waals surface area contributed by atoms with Crippen LogP contribution in [-0.4, -0.2) is 42.3 Å². The Morgan fingerprint density at radius 3 is 2.47 bits per heavy atom. The molecule has 0 spiro atoms. The minimum Gasteiger partial charge on any atom is -0.396 e. The highest BCUT2D eigenvalue weighted by Crippen LogP contribution is 1.97. The van der Waals surface area contributed by atoms with E-state index in [1.165, 1.54) is 0 Å². The SMILES string of the molecule is CCNC(=O)NC(=O)C(C)NC(C)CCCO. The van der Waals surface area contributed by atoms with Gasteiger partial charge in [-0.2, -0.15) is 0 Å². The van der Waals surface area contributed by atoms with Gasteiger partial charge in [0, 0.05) is 19.2 Å². The van der Waals surface area contributed by atoms with Gasteiger partial charge in [-0.05, 0) is 33.6 Å². The van der Waals surface area contributed by atoms with Crippen molar-refractivity contribution >= 4 is 11.9 Å². The summed E-state index contributed by atoms with van der Waals surface area (Å²) in [5, 5.41) is 16.5. The lowest BCUT2D eigenvalue weighted by Crippen LogP contribution is -2.50. The van der Waals surface area contributed by atoms with E-state index in [0.29, 0.717) is 13.0 Å². The van der Waals surface area contributed by atoms with Crippen LogP contribution in [0.25, 0.3) is 0 Å². The first kappa shape index (κ1) is 15.9. The summed E-state index contributed by atoms with van der Waals surface area (Å²) in [5.41, 5.74) is 0. The molecule has 0 fully saturated rings. The Balaban J connectivity index is 3.92. The van der Waals surface area contributed by atoms with Crippen LogP contribution >= 0.6 is 0 Å². The van der Waals surface area contributed by atoms with E-state index in [4.69, 9.17) is 5.11 Å². The molecule has 0 aromatic carbocycles. The first-order valence-corrected chi connectivity index (χ1v) is 5.96. The van der Waals surface area contributed by atoms with E-state index in [0.717, 1.165) is 6.42 Å². The molecule has 3 amide bonds. The summed E-state index contributed by atoms with van der Waals surface area (Å²) in [6, 6.07) is -0.794. The number of urea groups is 1. The molecule has 0 radical (unpaired) electrons. The van der Waals surface area contributed by atoms with Gasteiger partial charge in [0.2, 0.25) is 5.91 Å². The molecule has 2 unspecified atom stereocenters. The number of hydrogen-bond acceptors (Lipinski definition) is 4. The zero-order chi connectivity index (χ0) is 13.3. The van der Waals surface area contributed by atoms with Crippen LogP contribution in [0.2, 0.25) is 0 Å². The molecular formula is C11H23N3O3. The van der Waals surface area contributed by atoms with Gasteiger partial charge < -0.3 is 15.7 Å². The van der Waals surface area contributed by atoms with Gasteiger partial charge in [-0.15, -0.1) is 0 Å². The third-order valence-electron chi connectivity index (χ3n) is 2.30. The average Bonchev–Trinajstić information content (AvgIpc) is 2.26. The summed E-state index contributed by atoms with van der Waals surface area (Å²) in [6.07, 6.45) is 1.48. The van der Waals surface area contributed by atoms with Gasteiger partial charge in [-0.3, -0.25) is 10.1 Å². The second-order valence-electron chi connectivity index (χ2n) is 4.00. The van der Waals surface area contributed by atoms with Gasteiger partial charge in [-0.1, -0.05) is 0 Å². The molecule has 0 aliphatic rings. The van der Waals surface area contributed by atoms with Crippen molar-refractivity contribution in [2.75, 3.05) is 13.2 Å². The second-order valence-corrected chi connectivity index (χ2v) is 4.00. The Bertz CT molecular complexity index is 246. The molecule has 0 rings (SSSR count). The summed E-state index contributed by atoms with van der Waals surface area (Å²) in [6.45, 7) is 6.04. The number of carbonyl (C=O) groups excluding carboxylic acids is 2. The van der Waals surface area contributed by atoms with Crippen molar-refractivity contribution in [2.45, 2.75) is 45.7 Å². The second kappa shape index (κ2) is 8.95. The molecule has 100 valence electrons. The van der Waals surface area contributed by atoms with Crippen LogP contribution < -0.4 is 16.0 Å². The molecule has 0 saturated heterocycles. The molecule has 0 bridgehead atoms. The van der Waals surface area contributed by atoms with E-state index in [9.17, 15) is 9.59 Å². The molecule has 4 N–H and O–H groups in total. The van der Waals surface area contributed by atoms with Crippen LogP contribution in [0.15, 0.2) is 0 Å². The first-order chi connectivity index (χ1) is 8.01. The first-order valence-electron chi connectivity index (χ1n) is 5.96. The lowest BCUT2D eigenvalue weighted by Gasteiger charge is -2.18. The summed E-state index contributed by atoms with van der Waals surface area (Å²) >= 11 is 0. The van der Waals surface area contributed by atoms with Crippen LogP contribution in [0.5, 0.6) is 0 Å². The average molecular weight is 245 g/mol. The van der Waals surface area contributed by atoms with Crippen molar-refractivity contribution in [3.8, 4) is 0 Å². The van der Waals surface area contributed by atoms with Crippen molar-refractivity contribution in [3.63, 3.8) is 0 Å². The predicted molar refractivity (Wildman–Crippen MR) is 65.6 cm³/mol. The number of aliphatic hydroxyl groups excluding tert-OH is 1. The molecule has 17 heavy (non-hydrogen) atoms. The standard InChI is InChI=1S/C11H23N3O3/c1-4-12-11(17)14-10(16)9(3)13-8(2)6-5-7-15/h8-9,13,15H,4-7H2,1-3H3,(H2,12,14,16,17). The van der Waals surface area contributed by atoms with Gasteiger partial charge in [0.25, 0.3) is 0 Å². The van der Waals surface area contributed by atoms with Crippen LogP contribution in [-0.2, 0) is 4.79 Å². The molecule has 0 aliphatic heterocycles. The third kappa shape index (κ3) is 7.70. The Labute approximate surface area is 102 Å². The van der Waals surface area contributed by atoms with Gasteiger partial charge in [0.15, 0.2) is 0 Å². The van der Waals surface area contributed by atoms with E-state index in [1.54, 1.807) is 13.8 Å². The van der Waals surface area contributed by atoms with E-state index in [2.05, 4.69) is 16.0 Å². The fourth-order valence-electron chi connectivity index (χ4n) is 1.41. The molecule has 0 heterocycles. The number of hydrogen-bond donors (Lipinski definition) is 4. The molecule has 2 atom stereocenters. The van der Waals surface area contributed by atoms with Gasteiger partial charge >= 0.3 is 6.03 Å². The Kier molecular flexibility index (Phi) is 8.35. The number of nitrogens with one attached hydrogen (secondary N) is 3. The summed E-state index contributed by atoms with van der Waals surface area (Å²) in [4.78, 5) is 22.7. The van der Waals surface area contributed by atoms with Crippen molar-refractivity contribution in [3.05, 3.63) is 0 Å². The van der Waals surface area contributed by atoms with Crippen LogP contribution in [0.1, 0.15) is 33.6 Å². The van der Waals surface area contributed by atoms with Gasteiger partial charge in [0.1, 0.15) is 0 Å². The van der Waals surface area contributed by atoms with Crippen molar-refractivity contribution in [2.24, 2.45) is 0 Å². The van der Waals surface area contributed by atoms with Crippen molar-refractivity contribution < 1.29 is 14.7 Å². The zero-order valence-electron chi connectivity index (χ0n) is 10.7. The van der Waals surface area contributed by atoms with E-state index in [1.807, 2.05) is 6.92 Å². The third-order valence-corrected chi connectivity index (χ3v) is 2.30. The smallest absolute Gasteiger partial charge is 0.321 e. The number of rotatable bonds is 7. The minimum absolute atomic E-state index is 0.122. The molecule has 6 nitrogen and oxygen atoms in total. The lowest BCUT2D eigenvalue weighted by molar-refractivity contribution is -0.121. The molecule has 0 aliphatic carbocycles. The summed E-state index contributed by atoms with van der Waals surface area (Å²) in [7, 11) is 0. The maximum absolute atomic E-state index is 11.6. The van der Waals surface area contributed by atoms with Crippen LogP contribution in [0.4, 0.5) is 4.79 Å². The minimum atomic E-state index is -0.478. The van der Waals surface area contributed by atoms with Crippen molar-refractivity contribution in [1.82, 2.24) is 16.0 Å². The normalized spacial score (nSPS) is 13.9. The van der Waals surface area contributed by atoms with E-state index < -0.39 is 12.1 Å². The molecule has 0 saturated carbocycles. The highest BCUT2D eigenvalue weighted by Gasteiger charge is 2.16. The maximum atomic E-state index is 11.6. The Hall–Kier alpha value is -1.14. The number of amides is 3. The fraction of sp³-hybridized carbons (Fsp3) is 0.818. The monoisotopic (exact) mass is 245 g/mol. The molecule has 0 aromatic heterocycles. The highest BCUT2D eigenvalue weighted by atomic mass is 16.3. The van der Waals surface area contributed by atoms with Gasteiger partial charge in [0.05, 0.1) is 6.04 Å². The largest absolute Gasteiger partial charge is 0.396 e. The Morgan fingerprint density at radius 2 is 1.94 bits per heavy atom. The van der Waals surface area contributed by atoms with E-state index in [-0.39, 0.29) is 18.6 Å². The quantitative estimate of drug-likeness (QED) is 0.507. The number of imide groups is 1. The topological polar surface area (TPSA) is 90.5 Å².